The molecule has 1 fully saturated rings. The Balaban J connectivity index is 1.96. The maximum absolute atomic E-state index is 12.0. The molecule has 2 unspecified atom stereocenters. The van der Waals surface area contributed by atoms with E-state index in [1.807, 2.05) is 0 Å². The Morgan fingerprint density at radius 1 is 1.37 bits per heavy atom. The van der Waals surface area contributed by atoms with Crippen LogP contribution in [0.2, 0.25) is 0 Å². The van der Waals surface area contributed by atoms with Crippen LogP contribution in [-0.2, 0) is 0 Å². The molecule has 1 amide bonds. The summed E-state index contributed by atoms with van der Waals surface area (Å²) in [6.07, 6.45) is 3.19. The third-order valence-corrected chi connectivity index (χ3v) is 4.45. The van der Waals surface area contributed by atoms with Crippen molar-refractivity contribution in [3.8, 4) is 5.75 Å². The molecule has 0 radical (unpaired) electrons. The smallest absolute Gasteiger partial charge is 0.255 e. The van der Waals surface area contributed by atoms with Crippen LogP contribution >= 0.6 is 22.6 Å². The maximum Gasteiger partial charge on any atom is 0.255 e. The molecule has 2 rings (SSSR count). The lowest BCUT2D eigenvalue weighted by Crippen LogP contribution is -2.31. The molecule has 2 atom stereocenters. The number of hydrogen-bond donors (Lipinski definition) is 3. The van der Waals surface area contributed by atoms with E-state index in [4.69, 9.17) is 0 Å². The molecule has 1 saturated carbocycles. The van der Waals surface area contributed by atoms with E-state index in [-0.39, 0.29) is 18.3 Å². The normalized spacial score (nSPS) is 22.4. The van der Waals surface area contributed by atoms with E-state index in [0.29, 0.717) is 23.9 Å². The number of phenols is 1. The van der Waals surface area contributed by atoms with Crippen molar-refractivity contribution in [1.29, 1.82) is 0 Å². The van der Waals surface area contributed by atoms with Crippen molar-refractivity contribution in [3.63, 3.8) is 0 Å². The number of phenolic OH excluding ortho intramolecular Hbond substituents is 1. The van der Waals surface area contributed by atoms with Gasteiger partial charge in [0.05, 0.1) is 5.56 Å². The molecular weight excluding hydrogens is 357 g/mol. The number of hydrogen-bond acceptors (Lipinski definition) is 3. The summed E-state index contributed by atoms with van der Waals surface area (Å²) in [5.74, 6) is 0.395. The van der Waals surface area contributed by atoms with Gasteiger partial charge in [0.1, 0.15) is 5.75 Å². The Labute approximate surface area is 126 Å². The molecule has 0 heterocycles. The Morgan fingerprint density at radius 2 is 2.11 bits per heavy atom. The van der Waals surface area contributed by atoms with Crippen molar-refractivity contribution in [3.05, 3.63) is 27.3 Å². The highest BCUT2D eigenvalue weighted by Crippen LogP contribution is 2.30. The van der Waals surface area contributed by atoms with E-state index in [1.54, 1.807) is 12.1 Å². The average molecular weight is 375 g/mol. The van der Waals surface area contributed by atoms with Gasteiger partial charge in [0.15, 0.2) is 0 Å². The third-order valence-electron chi connectivity index (χ3n) is 3.78. The number of rotatable bonds is 4. The summed E-state index contributed by atoms with van der Waals surface area (Å²) in [6, 6.07) is 4.96. The van der Waals surface area contributed by atoms with Crippen LogP contribution in [0.15, 0.2) is 18.2 Å². The van der Waals surface area contributed by atoms with E-state index in [9.17, 15) is 15.0 Å². The molecular formula is C14H18INO3. The number of aliphatic hydroxyl groups is 1. The first-order chi connectivity index (χ1) is 9.11. The second-order valence-corrected chi connectivity index (χ2v) is 6.25. The van der Waals surface area contributed by atoms with Crippen molar-refractivity contribution in [2.24, 2.45) is 11.8 Å². The van der Waals surface area contributed by atoms with Crippen molar-refractivity contribution < 1.29 is 15.0 Å². The summed E-state index contributed by atoms with van der Waals surface area (Å²) in [4.78, 5) is 12.0. The predicted octanol–water partition coefficient (Wildman–Crippen LogP) is 2.14. The Hall–Kier alpha value is -0.820. The average Bonchev–Trinajstić information content (AvgIpc) is 2.86. The zero-order valence-electron chi connectivity index (χ0n) is 10.6. The highest BCUT2D eigenvalue weighted by atomic mass is 127. The standard InChI is InChI=1S/C14H18INO3/c15-11-4-5-13(18)12(6-11)14(19)16-7-9-2-1-3-10(9)8-17/h4-6,9-10,17-18H,1-3,7-8H2,(H,16,19). The van der Waals surface area contributed by atoms with Gasteiger partial charge in [-0.1, -0.05) is 6.42 Å². The van der Waals surface area contributed by atoms with Gasteiger partial charge in [0.25, 0.3) is 5.91 Å². The van der Waals surface area contributed by atoms with Gasteiger partial charge in [0, 0.05) is 16.7 Å². The second kappa shape index (κ2) is 6.56. The fourth-order valence-electron chi connectivity index (χ4n) is 2.63. The second-order valence-electron chi connectivity index (χ2n) is 5.01. The van der Waals surface area contributed by atoms with Gasteiger partial charge in [-0.3, -0.25) is 4.79 Å². The predicted molar refractivity (Wildman–Crippen MR) is 81.1 cm³/mol. The topological polar surface area (TPSA) is 69.6 Å². The molecule has 0 bridgehead atoms. The molecule has 1 aliphatic carbocycles. The van der Waals surface area contributed by atoms with Crippen LogP contribution < -0.4 is 5.32 Å². The van der Waals surface area contributed by atoms with Crippen LogP contribution in [0.25, 0.3) is 0 Å². The molecule has 1 aromatic carbocycles. The molecule has 5 heteroatoms. The zero-order chi connectivity index (χ0) is 13.8. The molecule has 3 N–H and O–H groups in total. The van der Waals surface area contributed by atoms with Gasteiger partial charge in [0.2, 0.25) is 0 Å². The number of benzene rings is 1. The first-order valence-electron chi connectivity index (χ1n) is 6.49. The SMILES string of the molecule is O=C(NCC1CCCC1CO)c1cc(I)ccc1O. The largest absolute Gasteiger partial charge is 0.507 e. The molecule has 0 saturated heterocycles. The van der Waals surface area contributed by atoms with E-state index in [1.165, 1.54) is 6.07 Å². The molecule has 104 valence electrons. The molecule has 0 spiro atoms. The minimum atomic E-state index is -0.250. The first-order valence-corrected chi connectivity index (χ1v) is 7.57. The first kappa shape index (κ1) is 14.6. The summed E-state index contributed by atoms with van der Waals surface area (Å²) < 4.78 is 0.912. The van der Waals surface area contributed by atoms with Gasteiger partial charge in [-0.05, 0) is 65.5 Å². The van der Waals surface area contributed by atoms with Crippen LogP contribution in [0, 0.1) is 15.4 Å². The van der Waals surface area contributed by atoms with E-state index in [2.05, 4.69) is 27.9 Å². The number of halogens is 1. The van der Waals surface area contributed by atoms with Crippen LogP contribution in [0.3, 0.4) is 0 Å². The van der Waals surface area contributed by atoms with E-state index in [0.717, 1.165) is 22.8 Å². The van der Waals surface area contributed by atoms with Crippen LogP contribution in [0.1, 0.15) is 29.6 Å². The number of carbonyl (C=O) groups is 1. The van der Waals surface area contributed by atoms with Gasteiger partial charge in [-0.15, -0.1) is 0 Å². The molecule has 0 aromatic heterocycles. The molecule has 1 aliphatic rings. The lowest BCUT2D eigenvalue weighted by Gasteiger charge is -2.18. The summed E-state index contributed by atoms with van der Waals surface area (Å²) >= 11 is 2.11. The fourth-order valence-corrected chi connectivity index (χ4v) is 3.12. The van der Waals surface area contributed by atoms with E-state index < -0.39 is 0 Å². The number of aliphatic hydroxyl groups excluding tert-OH is 1. The molecule has 1 aromatic rings. The number of carbonyl (C=O) groups excluding carboxylic acids is 1. The quantitative estimate of drug-likeness (QED) is 0.707. The van der Waals surface area contributed by atoms with Gasteiger partial charge >= 0.3 is 0 Å². The third kappa shape index (κ3) is 3.60. The van der Waals surface area contributed by atoms with Gasteiger partial charge in [-0.2, -0.15) is 0 Å². The highest BCUT2D eigenvalue weighted by Gasteiger charge is 2.27. The summed E-state index contributed by atoms with van der Waals surface area (Å²) in [7, 11) is 0. The molecule has 19 heavy (non-hydrogen) atoms. The van der Waals surface area contributed by atoms with Crippen LogP contribution in [0.4, 0.5) is 0 Å². The molecule has 0 aliphatic heterocycles. The van der Waals surface area contributed by atoms with Crippen LogP contribution in [-0.4, -0.2) is 29.3 Å². The summed E-state index contributed by atoms with van der Waals surface area (Å²) in [6.45, 7) is 0.754. The Kier molecular flexibility index (Phi) is 5.04. The lowest BCUT2D eigenvalue weighted by molar-refractivity contribution is 0.0935. The number of amides is 1. The van der Waals surface area contributed by atoms with Crippen LogP contribution in [0.5, 0.6) is 5.75 Å². The Morgan fingerprint density at radius 3 is 2.84 bits per heavy atom. The fraction of sp³-hybridized carbons (Fsp3) is 0.500. The zero-order valence-corrected chi connectivity index (χ0v) is 12.8. The van der Waals surface area contributed by atoms with Gasteiger partial charge < -0.3 is 15.5 Å². The Bertz CT molecular complexity index is 464. The van der Waals surface area contributed by atoms with Crippen molar-refractivity contribution in [1.82, 2.24) is 5.32 Å². The lowest BCUT2D eigenvalue weighted by atomic mass is 9.97. The monoisotopic (exact) mass is 375 g/mol. The van der Waals surface area contributed by atoms with Gasteiger partial charge in [-0.25, -0.2) is 0 Å². The summed E-state index contributed by atoms with van der Waals surface area (Å²) in [5, 5.41) is 21.8. The minimum Gasteiger partial charge on any atom is -0.507 e. The summed E-state index contributed by atoms with van der Waals surface area (Å²) in [5.41, 5.74) is 0.311. The van der Waals surface area contributed by atoms with Crippen molar-refractivity contribution in [2.45, 2.75) is 19.3 Å². The highest BCUT2D eigenvalue weighted by molar-refractivity contribution is 14.1. The van der Waals surface area contributed by atoms with E-state index >= 15 is 0 Å². The molecule has 4 nitrogen and oxygen atoms in total. The minimum absolute atomic E-state index is 0.00282. The van der Waals surface area contributed by atoms with Crippen molar-refractivity contribution >= 4 is 28.5 Å². The maximum atomic E-state index is 12.0. The number of nitrogens with one attached hydrogen (secondary N) is 1. The van der Waals surface area contributed by atoms with Crippen molar-refractivity contribution in [2.75, 3.05) is 13.2 Å². The number of aromatic hydroxyl groups is 1.